The van der Waals surface area contributed by atoms with Gasteiger partial charge in [0.1, 0.15) is 12.7 Å². The Morgan fingerprint density at radius 2 is 1.32 bits per heavy atom. The van der Waals surface area contributed by atoms with Gasteiger partial charge in [-0.2, -0.15) is 10.2 Å². The summed E-state index contributed by atoms with van der Waals surface area (Å²) in [4.78, 5) is 46.1. The van der Waals surface area contributed by atoms with Gasteiger partial charge in [-0.15, -0.1) is 0 Å². The second kappa shape index (κ2) is 13.1. The van der Waals surface area contributed by atoms with Crippen molar-refractivity contribution in [2.45, 2.75) is 6.42 Å². The SMILES string of the molecule is O=C(NCCc1ccccc1Cl)c1cc(-n2cn[nH]c2=O)ccc1Cl.O=C(O)c1cc(-n2cn[nH]c2=O)ccc1Cl. The van der Waals surface area contributed by atoms with Crippen molar-refractivity contribution in [2.24, 2.45) is 0 Å². The molecule has 12 nitrogen and oxygen atoms in total. The summed E-state index contributed by atoms with van der Waals surface area (Å²) in [5, 5.41) is 24.5. The van der Waals surface area contributed by atoms with Gasteiger partial charge in [0.15, 0.2) is 0 Å². The third-order valence-electron chi connectivity index (χ3n) is 5.67. The molecule has 41 heavy (non-hydrogen) atoms. The second-order valence-electron chi connectivity index (χ2n) is 8.29. The maximum Gasteiger partial charge on any atom is 0.347 e. The molecule has 15 heteroatoms. The van der Waals surface area contributed by atoms with Crippen LogP contribution in [0.25, 0.3) is 11.4 Å². The molecule has 0 aliphatic carbocycles. The maximum atomic E-state index is 12.4. The van der Waals surface area contributed by atoms with Crippen molar-refractivity contribution in [3.63, 3.8) is 0 Å². The molecule has 0 bridgehead atoms. The van der Waals surface area contributed by atoms with E-state index in [1.165, 1.54) is 40.0 Å². The lowest BCUT2D eigenvalue weighted by Crippen LogP contribution is -2.26. The molecule has 0 aliphatic heterocycles. The molecule has 0 unspecified atom stereocenters. The van der Waals surface area contributed by atoms with Crippen LogP contribution in [0.1, 0.15) is 26.3 Å². The normalized spacial score (nSPS) is 10.5. The molecule has 210 valence electrons. The number of H-pyrrole nitrogens is 2. The summed E-state index contributed by atoms with van der Waals surface area (Å²) in [6.45, 7) is 0.411. The number of hydrogen-bond acceptors (Lipinski definition) is 6. The van der Waals surface area contributed by atoms with Crippen LogP contribution in [0.5, 0.6) is 0 Å². The van der Waals surface area contributed by atoms with Crippen LogP contribution in [-0.2, 0) is 6.42 Å². The number of nitrogens with one attached hydrogen (secondary N) is 3. The predicted octanol–water partition coefficient (Wildman–Crippen LogP) is 3.75. The maximum absolute atomic E-state index is 12.4. The average molecular weight is 617 g/mol. The van der Waals surface area contributed by atoms with E-state index in [-0.39, 0.29) is 22.1 Å². The van der Waals surface area contributed by atoms with Crippen molar-refractivity contribution in [2.75, 3.05) is 6.54 Å². The topological polar surface area (TPSA) is 168 Å². The lowest BCUT2D eigenvalue weighted by molar-refractivity contribution is 0.0696. The highest BCUT2D eigenvalue weighted by atomic mass is 35.5. The van der Waals surface area contributed by atoms with E-state index in [1.54, 1.807) is 18.2 Å². The molecule has 0 saturated heterocycles. The van der Waals surface area contributed by atoms with E-state index < -0.39 is 17.3 Å². The number of carboxylic acids is 1. The van der Waals surface area contributed by atoms with Crippen LogP contribution in [0.2, 0.25) is 15.1 Å². The van der Waals surface area contributed by atoms with Crippen molar-refractivity contribution >= 4 is 46.7 Å². The summed E-state index contributed by atoms with van der Waals surface area (Å²) in [6.07, 6.45) is 3.20. The first kappa shape index (κ1) is 29.3. The van der Waals surface area contributed by atoms with Crippen LogP contribution in [0.4, 0.5) is 0 Å². The Morgan fingerprint density at radius 3 is 1.83 bits per heavy atom. The minimum absolute atomic E-state index is 0.0627. The Labute approximate surface area is 246 Å². The number of nitrogens with zero attached hydrogens (tertiary/aromatic N) is 4. The standard InChI is InChI=1S/C17H14Cl2N4O2.C9H6ClN3O3/c18-14-4-2-1-3-11(14)7-8-20-16(24)13-9-12(5-6-15(13)19)23-10-21-22-17(23)25;10-7-2-1-5(3-6(7)8(14)15)13-4-11-12-9(13)16/h1-6,9-10H,7-8H2,(H,20,24)(H,22,25);1-4H,(H,12,16)(H,14,15). The molecule has 0 atom stereocenters. The number of rotatable bonds is 7. The van der Waals surface area contributed by atoms with Gasteiger partial charge in [0.25, 0.3) is 5.91 Å². The Balaban J connectivity index is 0.000000208. The third kappa shape index (κ3) is 7.11. The summed E-state index contributed by atoms with van der Waals surface area (Å²) >= 11 is 17.9. The molecule has 5 rings (SSSR count). The summed E-state index contributed by atoms with van der Waals surface area (Å²) in [6, 6.07) is 16.5. The lowest BCUT2D eigenvalue weighted by atomic mass is 10.1. The summed E-state index contributed by atoms with van der Waals surface area (Å²) in [7, 11) is 0. The van der Waals surface area contributed by atoms with Crippen LogP contribution >= 0.6 is 34.8 Å². The van der Waals surface area contributed by atoms with E-state index in [0.717, 1.165) is 5.56 Å². The van der Waals surface area contributed by atoms with Gasteiger partial charge < -0.3 is 10.4 Å². The van der Waals surface area contributed by atoms with E-state index in [1.807, 2.05) is 24.3 Å². The lowest BCUT2D eigenvalue weighted by Gasteiger charge is -2.09. The van der Waals surface area contributed by atoms with E-state index in [0.29, 0.717) is 34.4 Å². The smallest absolute Gasteiger partial charge is 0.347 e. The first-order valence-electron chi connectivity index (χ1n) is 11.7. The number of benzene rings is 3. The van der Waals surface area contributed by atoms with E-state index in [9.17, 15) is 19.2 Å². The van der Waals surface area contributed by atoms with Gasteiger partial charge in [-0.1, -0.05) is 53.0 Å². The number of halogens is 3. The molecule has 2 heterocycles. The van der Waals surface area contributed by atoms with Crippen molar-refractivity contribution < 1.29 is 14.7 Å². The Morgan fingerprint density at radius 1 is 0.780 bits per heavy atom. The highest BCUT2D eigenvalue weighted by molar-refractivity contribution is 6.34. The zero-order valence-electron chi connectivity index (χ0n) is 20.8. The number of carbonyl (C=O) groups excluding carboxylic acids is 1. The highest BCUT2D eigenvalue weighted by Gasteiger charge is 2.13. The fourth-order valence-electron chi connectivity index (χ4n) is 3.64. The van der Waals surface area contributed by atoms with Crippen molar-refractivity contribution in [1.29, 1.82) is 0 Å². The minimum Gasteiger partial charge on any atom is -0.478 e. The number of hydrogen-bond donors (Lipinski definition) is 4. The van der Waals surface area contributed by atoms with Crippen molar-refractivity contribution in [3.8, 4) is 11.4 Å². The van der Waals surface area contributed by atoms with Crippen LogP contribution in [0.3, 0.4) is 0 Å². The van der Waals surface area contributed by atoms with Crippen molar-refractivity contribution in [1.82, 2.24) is 34.8 Å². The molecule has 2 aromatic heterocycles. The second-order valence-corrected chi connectivity index (χ2v) is 9.52. The van der Waals surface area contributed by atoms with Gasteiger partial charge in [0, 0.05) is 11.6 Å². The number of aromatic amines is 2. The fourth-order valence-corrected chi connectivity index (χ4v) is 4.27. The molecule has 0 spiro atoms. The van der Waals surface area contributed by atoms with Crippen LogP contribution in [0, 0.1) is 0 Å². The van der Waals surface area contributed by atoms with Gasteiger partial charge in [-0.05, 0) is 54.4 Å². The van der Waals surface area contributed by atoms with E-state index in [4.69, 9.17) is 39.9 Å². The van der Waals surface area contributed by atoms with Gasteiger partial charge in [-0.3, -0.25) is 4.79 Å². The monoisotopic (exact) mass is 615 g/mol. The van der Waals surface area contributed by atoms with E-state index in [2.05, 4.69) is 25.7 Å². The molecule has 0 radical (unpaired) electrons. The van der Waals surface area contributed by atoms with Crippen LogP contribution < -0.4 is 16.7 Å². The number of amides is 1. The molecule has 4 N–H and O–H groups in total. The Kier molecular flexibility index (Phi) is 9.40. The molecular formula is C26H20Cl3N7O5. The molecule has 0 fully saturated rings. The fraction of sp³-hybridized carbons (Fsp3) is 0.0769. The minimum atomic E-state index is -1.15. The van der Waals surface area contributed by atoms with Crippen LogP contribution in [-0.4, -0.2) is 53.1 Å². The third-order valence-corrected chi connectivity index (χ3v) is 6.70. The zero-order valence-corrected chi connectivity index (χ0v) is 23.1. The molecule has 0 saturated carbocycles. The Bertz CT molecular complexity index is 1830. The van der Waals surface area contributed by atoms with Gasteiger partial charge in [0.05, 0.1) is 32.5 Å². The van der Waals surface area contributed by atoms with Gasteiger partial charge in [-0.25, -0.2) is 33.7 Å². The number of carbonyl (C=O) groups is 2. The molecular weight excluding hydrogens is 597 g/mol. The summed E-state index contributed by atoms with van der Waals surface area (Å²) < 4.78 is 2.47. The summed E-state index contributed by atoms with van der Waals surface area (Å²) in [5.74, 6) is -1.47. The average Bonchev–Trinajstić information content (AvgIpc) is 3.58. The number of carboxylic acid groups (broad SMARTS) is 1. The number of aromatic carboxylic acids is 1. The first-order valence-corrected chi connectivity index (χ1v) is 12.9. The van der Waals surface area contributed by atoms with Gasteiger partial charge >= 0.3 is 17.3 Å². The predicted molar refractivity (Wildman–Crippen MR) is 153 cm³/mol. The molecule has 1 amide bonds. The first-order chi connectivity index (χ1) is 19.7. The number of aromatic nitrogens is 6. The summed E-state index contributed by atoms with van der Waals surface area (Å²) in [5.41, 5.74) is 1.22. The Hall–Kier alpha value is -4.65. The van der Waals surface area contributed by atoms with E-state index >= 15 is 0 Å². The van der Waals surface area contributed by atoms with Crippen molar-refractivity contribution in [3.05, 3.63) is 126 Å². The molecule has 0 aliphatic rings. The molecule has 3 aromatic carbocycles. The quantitative estimate of drug-likeness (QED) is 0.216. The van der Waals surface area contributed by atoms with Crippen LogP contribution in [0.15, 0.2) is 82.9 Å². The highest BCUT2D eigenvalue weighted by Crippen LogP contribution is 2.20. The zero-order chi connectivity index (χ0) is 29.5. The van der Waals surface area contributed by atoms with Gasteiger partial charge in [0.2, 0.25) is 0 Å². The largest absolute Gasteiger partial charge is 0.478 e. The molecule has 5 aromatic rings.